The summed E-state index contributed by atoms with van der Waals surface area (Å²) < 4.78 is 10.7. The van der Waals surface area contributed by atoms with Crippen LogP contribution in [0.25, 0.3) is 0 Å². The molecule has 0 radical (unpaired) electrons. The fraction of sp³-hybridized carbons (Fsp3) is 0.688. The minimum Gasteiger partial charge on any atom is -0.465 e. The average molecular weight is 309 g/mol. The molecule has 1 aliphatic heterocycles. The molecular weight excluding hydrogens is 282 g/mol. The van der Waals surface area contributed by atoms with Crippen LogP contribution in [-0.2, 0) is 9.53 Å². The number of likely N-dealkylation sites (tertiary alicyclic amines) is 1. The SMILES string of the molecule is COCCNCC(=O)NCC(c1ccc(C)o1)N1CCCC1. The fourth-order valence-electron chi connectivity index (χ4n) is 2.74. The van der Waals surface area contributed by atoms with Crippen molar-refractivity contribution >= 4 is 5.91 Å². The molecule has 1 saturated heterocycles. The standard InChI is InChI=1S/C16H27N3O3/c1-13-5-6-15(22-13)14(19-8-3-4-9-19)11-18-16(20)12-17-7-10-21-2/h5-6,14,17H,3-4,7-12H2,1-2H3,(H,18,20). The first kappa shape index (κ1) is 17.0. The molecule has 2 rings (SSSR count). The van der Waals surface area contributed by atoms with Gasteiger partial charge in [-0.3, -0.25) is 9.69 Å². The van der Waals surface area contributed by atoms with Gasteiger partial charge < -0.3 is 19.8 Å². The summed E-state index contributed by atoms with van der Waals surface area (Å²) in [6.07, 6.45) is 2.42. The summed E-state index contributed by atoms with van der Waals surface area (Å²) in [5.74, 6) is 1.85. The first-order chi connectivity index (χ1) is 10.7. The minimum absolute atomic E-state index is 0.00331. The Labute approximate surface area is 132 Å². The second-order valence-electron chi connectivity index (χ2n) is 5.68. The molecule has 1 aliphatic rings. The van der Waals surface area contributed by atoms with E-state index in [0.29, 0.717) is 26.2 Å². The highest BCUT2D eigenvalue weighted by atomic mass is 16.5. The van der Waals surface area contributed by atoms with Crippen molar-refractivity contribution in [2.45, 2.75) is 25.8 Å². The Hall–Kier alpha value is -1.37. The molecule has 124 valence electrons. The van der Waals surface area contributed by atoms with Crippen molar-refractivity contribution in [1.82, 2.24) is 15.5 Å². The van der Waals surface area contributed by atoms with Crippen LogP contribution < -0.4 is 10.6 Å². The van der Waals surface area contributed by atoms with E-state index in [1.54, 1.807) is 7.11 Å². The highest BCUT2D eigenvalue weighted by molar-refractivity contribution is 5.78. The van der Waals surface area contributed by atoms with Crippen LogP contribution in [0.1, 0.15) is 30.4 Å². The Morgan fingerprint density at radius 1 is 1.41 bits per heavy atom. The summed E-state index contributed by atoms with van der Waals surface area (Å²) in [4.78, 5) is 14.3. The third kappa shape index (κ3) is 5.12. The van der Waals surface area contributed by atoms with Crippen LogP contribution in [0, 0.1) is 6.92 Å². The molecule has 1 atom stereocenters. The summed E-state index contributed by atoms with van der Waals surface area (Å²) >= 11 is 0. The van der Waals surface area contributed by atoms with Gasteiger partial charge in [0, 0.05) is 20.2 Å². The molecule has 0 aromatic carbocycles. The summed E-state index contributed by atoms with van der Waals surface area (Å²) in [5.41, 5.74) is 0. The Morgan fingerprint density at radius 3 is 2.82 bits per heavy atom. The summed E-state index contributed by atoms with van der Waals surface area (Å²) in [7, 11) is 1.65. The van der Waals surface area contributed by atoms with E-state index >= 15 is 0 Å². The van der Waals surface area contributed by atoms with Crippen molar-refractivity contribution in [3.05, 3.63) is 23.7 Å². The summed E-state index contributed by atoms with van der Waals surface area (Å²) in [6.45, 7) is 6.25. The number of carbonyl (C=O) groups is 1. The molecule has 0 aliphatic carbocycles. The molecule has 1 aromatic heterocycles. The van der Waals surface area contributed by atoms with E-state index in [0.717, 1.165) is 24.6 Å². The van der Waals surface area contributed by atoms with E-state index in [2.05, 4.69) is 15.5 Å². The number of furan rings is 1. The number of carbonyl (C=O) groups excluding carboxylic acids is 1. The number of aryl methyl sites for hydroxylation is 1. The molecule has 0 spiro atoms. The van der Waals surface area contributed by atoms with Gasteiger partial charge in [-0.05, 0) is 45.0 Å². The largest absolute Gasteiger partial charge is 0.465 e. The molecule has 22 heavy (non-hydrogen) atoms. The molecule has 0 saturated carbocycles. The van der Waals surface area contributed by atoms with Crippen molar-refractivity contribution in [2.75, 3.05) is 46.4 Å². The van der Waals surface area contributed by atoms with Gasteiger partial charge in [0.25, 0.3) is 0 Å². The molecule has 1 unspecified atom stereocenters. The van der Waals surface area contributed by atoms with Crippen LogP contribution in [0.15, 0.2) is 16.5 Å². The van der Waals surface area contributed by atoms with Crippen molar-refractivity contribution in [3.63, 3.8) is 0 Å². The Balaban J connectivity index is 1.83. The average Bonchev–Trinajstić information content (AvgIpc) is 3.16. The lowest BCUT2D eigenvalue weighted by Crippen LogP contribution is -2.40. The summed E-state index contributed by atoms with van der Waals surface area (Å²) in [5, 5.41) is 6.05. The van der Waals surface area contributed by atoms with Crippen LogP contribution >= 0.6 is 0 Å². The third-order valence-electron chi connectivity index (χ3n) is 3.93. The molecule has 0 bridgehead atoms. The van der Waals surface area contributed by atoms with Crippen LogP contribution in [0.5, 0.6) is 0 Å². The number of hydrogen-bond acceptors (Lipinski definition) is 5. The Bertz CT molecular complexity index is 455. The van der Waals surface area contributed by atoms with Gasteiger partial charge in [0.1, 0.15) is 11.5 Å². The first-order valence-electron chi connectivity index (χ1n) is 7.97. The number of amides is 1. The van der Waals surface area contributed by atoms with Crippen molar-refractivity contribution in [3.8, 4) is 0 Å². The van der Waals surface area contributed by atoms with Crippen LogP contribution in [-0.4, -0.2) is 57.2 Å². The van der Waals surface area contributed by atoms with Gasteiger partial charge in [0.2, 0.25) is 5.91 Å². The second-order valence-corrected chi connectivity index (χ2v) is 5.68. The van der Waals surface area contributed by atoms with Gasteiger partial charge in [-0.2, -0.15) is 0 Å². The molecular formula is C16H27N3O3. The van der Waals surface area contributed by atoms with E-state index in [4.69, 9.17) is 9.15 Å². The summed E-state index contributed by atoms with van der Waals surface area (Å²) in [6, 6.07) is 4.12. The number of nitrogens with one attached hydrogen (secondary N) is 2. The van der Waals surface area contributed by atoms with Gasteiger partial charge in [-0.25, -0.2) is 0 Å². The predicted octanol–water partition coefficient (Wildman–Crippen LogP) is 1.08. The van der Waals surface area contributed by atoms with E-state index in [1.165, 1.54) is 12.8 Å². The lowest BCUT2D eigenvalue weighted by atomic mass is 10.2. The van der Waals surface area contributed by atoms with Crippen molar-refractivity contribution in [1.29, 1.82) is 0 Å². The minimum atomic E-state index is 0.00331. The highest BCUT2D eigenvalue weighted by Gasteiger charge is 2.26. The maximum atomic E-state index is 11.9. The predicted molar refractivity (Wildman–Crippen MR) is 84.7 cm³/mol. The van der Waals surface area contributed by atoms with E-state index in [-0.39, 0.29) is 11.9 Å². The zero-order valence-corrected chi connectivity index (χ0v) is 13.6. The monoisotopic (exact) mass is 309 g/mol. The van der Waals surface area contributed by atoms with E-state index in [9.17, 15) is 4.79 Å². The molecule has 1 fully saturated rings. The molecule has 6 nitrogen and oxygen atoms in total. The zero-order chi connectivity index (χ0) is 15.8. The van der Waals surface area contributed by atoms with Crippen molar-refractivity contribution in [2.24, 2.45) is 0 Å². The van der Waals surface area contributed by atoms with Gasteiger partial charge >= 0.3 is 0 Å². The zero-order valence-electron chi connectivity index (χ0n) is 13.6. The fourth-order valence-corrected chi connectivity index (χ4v) is 2.74. The maximum absolute atomic E-state index is 11.9. The Kier molecular flexibility index (Phi) is 6.89. The molecule has 6 heteroatoms. The number of nitrogens with zero attached hydrogens (tertiary/aromatic N) is 1. The molecule has 2 heterocycles. The van der Waals surface area contributed by atoms with Crippen LogP contribution in [0.2, 0.25) is 0 Å². The van der Waals surface area contributed by atoms with Gasteiger partial charge in [-0.15, -0.1) is 0 Å². The second kappa shape index (κ2) is 8.92. The van der Waals surface area contributed by atoms with Crippen LogP contribution in [0.4, 0.5) is 0 Å². The number of methoxy groups -OCH3 is 1. The van der Waals surface area contributed by atoms with Gasteiger partial charge in [0.15, 0.2) is 0 Å². The van der Waals surface area contributed by atoms with Gasteiger partial charge in [0.05, 0.1) is 19.2 Å². The maximum Gasteiger partial charge on any atom is 0.234 e. The smallest absolute Gasteiger partial charge is 0.234 e. The highest BCUT2D eigenvalue weighted by Crippen LogP contribution is 2.25. The molecule has 2 N–H and O–H groups in total. The van der Waals surface area contributed by atoms with E-state index in [1.807, 2.05) is 19.1 Å². The molecule has 1 aromatic rings. The quantitative estimate of drug-likeness (QED) is 0.668. The lowest BCUT2D eigenvalue weighted by molar-refractivity contribution is -0.120. The lowest BCUT2D eigenvalue weighted by Gasteiger charge is -2.26. The normalized spacial score (nSPS) is 16.8. The Morgan fingerprint density at radius 2 is 2.18 bits per heavy atom. The third-order valence-corrected chi connectivity index (χ3v) is 3.93. The van der Waals surface area contributed by atoms with Gasteiger partial charge in [-0.1, -0.05) is 0 Å². The number of rotatable bonds is 9. The topological polar surface area (TPSA) is 66.7 Å². The number of hydrogen-bond donors (Lipinski definition) is 2. The van der Waals surface area contributed by atoms with E-state index < -0.39 is 0 Å². The number of ether oxygens (including phenoxy) is 1. The van der Waals surface area contributed by atoms with Crippen molar-refractivity contribution < 1.29 is 13.9 Å². The molecule has 1 amide bonds. The first-order valence-corrected chi connectivity index (χ1v) is 7.97. The van der Waals surface area contributed by atoms with Crippen LogP contribution in [0.3, 0.4) is 0 Å².